The largest absolute Gasteiger partial charge is 0.493 e. The Morgan fingerprint density at radius 1 is 1.30 bits per heavy atom. The van der Waals surface area contributed by atoms with Gasteiger partial charge in [0.25, 0.3) is 0 Å². The van der Waals surface area contributed by atoms with Crippen LogP contribution in [0.5, 0.6) is 11.5 Å². The molecule has 0 bridgehead atoms. The monoisotopic (exact) mass is 339 g/mol. The van der Waals surface area contributed by atoms with E-state index < -0.39 is 5.54 Å². The lowest BCUT2D eigenvalue weighted by Crippen LogP contribution is -2.21. The third kappa shape index (κ3) is 2.36. The Kier molecular flexibility index (Phi) is 4.51. The number of benzene rings is 1. The van der Waals surface area contributed by atoms with Gasteiger partial charge < -0.3 is 9.47 Å². The highest BCUT2D eigenvalue weighted by molar-refractivity contribution is 9.10. The number of halogens is 1. The molecular weight excluding hydrogens is 322 g/mol. The van der Waals surface area contributed by atoms with Crippen LogP contribution in [0.4, 0.5) is 0 Å². The summed E-state index contributed by atoms with van der Waals surface area (Å²) in [5, 5.41) is 0. The molecule has 0 aromatic heterocycles. The van der Waals surface area contributed by atoms with Crippen molar-refractivity contribution in [3.8, 4) is 11.5 Å². The number of rotatable bonds is 4. The molecule has 108 valence electrons. The number of aliphatic imine (C=N–C) groups is 1. The summed E-state index contributed by atoms with van der Waals surface area (Å²) >= 11 is 3.59. The molecule has 1 aliphatic carbocycles. The number of methoxy groups -OCH3 is 2. The lowest BCUT2D eigenvalue weighted by Gasteiger charge is -2.28. The normalized spacial score (nSPS) is 16.6. The zero-order valence-electron chi connectivity index (χ0n) is 12.0. The van der Waals surface area contributed by atoms with Crippen molar-refractivity contribution in [2.75, 3.05) is 14.2 Å². The van der Waals surface area contributed by atoms with Gasteiger partial charge in [0.2, 0.25) is 6.08 Å². The molecular formula is C15H18BrNO3. The summed E-state index contributed by atoms with van der Waals surface area (Å²) in [6.07, 6.45) is 5.59. The standard InChI is InChI=1S/C15H18BrNO3/c1-10-13(15(17-9-18)6-4-5-7-15)11(16)8-12(19-2)14(10)20-3/h8H,4-7H2,1-3H3. The van der Waals surface area contributed by atoms with Gasteiger partial charge in [-0.1, -0.05) is 28.8 Å². The van der Waals surface area contributed by atoms with Crippen LogP contribution in [0.2, 0.25) is 0 Å². The molecule has 0 saturated heterocycles. The maximum absolute atomic E-state index is 10.9. The van der Waals surface area contributed by atoms with E-state index in [0.717, 1.165) is 41.3 Å². The molecule has 20 heavy (non-hydrogen) atoms. The first-order valence-corrected chi connectivity index (χ1v) is 7.39. The molecule has 0 amide bonds. The maximum atomic E-state index is 10.9. The number of hydrogen-bond acceptors (Lipinski definition) is 4. The predicted octanol–water partition coefficient (Wildman–Crippen LogP) is 3.88. The van der Waals surface area contributed by atoms with E-state index in [1.165, 1.54) is 0 Å². The number of hydrogen-bond donors (Lipinski definition) is 0. The molecule has 0 heterocycles. The van der Waals surface area contributed by atoms with Gasteiger partial charge in [-0.25, -0.2) is 4.79 Å². The van der Waals surface area contributed by atoms with E-state index in [0.29, 0.717) is 11.5 Å². The van der Waals surface area contributed by atoms with E-state index in [2.05, 4.69) is 20.9 Å². The predicted molar refractivity (Wildman–Crippen MR) is 80.3 cm³/mol. The average molecular weight is 340 g/mol. The zero-order valence-corrected chi connectivity index (χ0v) is 13.5. The average Bonchev–Trinajstić information content (AvgIpc) is 2.87. The zero-order chi connectivity index (χ0) is 14.8. The molecule has 1 aromatic rings. The van der Waals surface area contributed by atoms with Crippen molar-refractivity contribution >= 4 is 22.0 Å². The van der Waals surface area contributed by atoms with Gasteiger partial charge in [-0.15, -0.1) is 0 Å². The van der Waals surface area contributed by atoms with Crippen molar-refractivity contribution in [2.24, 2.45) is 4.99 Å². The molecule has 0 N–H and O–H groups in total. The SMILES string of the molecule is COc1cc(Br)c(C2(N=C=O)CCCC2)c(C)c1OC. The van der Waals surface area contributed by atoms with Crippen molar-refractivity contribution in [2.45, 2.75) is 38.1 Å². The summed E-state index contributed by atoms with van der Waals surface area (Å²) in [5.74, 6) is 1.36. The molecule has 1 aromatic carbocycles. The first-order chi connectivity index (χ1) is 9.59. The third-order valence-electron chi connectivity index (χ3n) is 4.02. The first-order valence-electron chi connectivity index (χ1n) is 6.60. The van der Waals surface area contributed by atoms with Crippen molar-refractivity contribution in [1.29, 1.82) is 0 Å². The molecule has 4 nitrogen and oxygen atoms in total. The number of isocyanates is 1. The summed E-state index contributed by atoms with van der Waals surface area (Å²) in [6.45, 7) is 1.97. The van der Waals surface area contributed by atoms with Gasteiger partial charge in [0.05, 0.1) is 19.8 Å². The van der Waals surface area contributed by atoms with Crippen molar-refractivity contribution in [3.05, 3.63) is 21.7 Å². The fourth-order valence-corrected chi connectivity index (χ4v) is 4.05. The van der Waals surface area contributed by atoms with Gasteiger partial charge in [-0.2, -0.15) is 4.99 Å². The van der Waals surface area contributed by atoms with Crippen LogP contribution in [0.1, 0.15) is 36.8 Å². The topological polar surface area (TPSA) is 47.9 Å². The van der Waals surface area contributed by atoms with E-state index in [-0.39, 0.29) is 0 Å². The Balaban J connectivity index is 2.70. The second-order valence-electron chi connectivity index (χ2n) is 5.04. The van der Waals surface area contributed by atoms with Gasteiger partial charge >= 0.3 is 0 Å². The van der Waals surface area contributed by atoms with E-state index >= 15 is 0 Å². The second kappa shape index (κ2) is 5.98. The Morgan fingerprint density at radius 3 is 2.45 bits per heavy atom. The third-order valence-corrected chi connectivity index (χ3v) is 4.64. The summed E-state index contributed by atoms with van der Waals surface area (Å²) in [4.78, 5) is 15.0. The van der Waals surface area contributed by atoms with Crippen LogP contribution in [-0.4, -0.2) is 20.3 Å². The van der Waals surface area contributed by atoms with Gasteiger partial charge in [-0.3, -0.25) is 0 Å². The molecule has 1 fully saturated rings. The first kappa shape index (κ1) is 15.1. The minimum atomic E-state index is -0.482. The second-order valence-corrected chi connectivity index (χ2v) is 5.89. The smallest absolute Gasteiger partial charge is 0.235 e. The summed E-state index contributed by atoms with van der Waals surface area (Å²) in [5.41, 5.74) is 1.49. The van der Waals surface area contributed by atoms with Crippen molar-refractivity contribution < 1.29 is 14.3 Å². The van der Waals surface area contributed by atoms with Gasteiger partial charge in [-0.05, 0) is 25.8 Å². The summed E-state index contributed by atoms with van der Waals surface area (Å²) in [7, 11) is 3.23. The Bertz CT molecular complexity index is 559. The van der Waals surface area contributed by atoms with Crippen molar-refractivity contribution in [3.63, 3.8) is 0 Å². The van der Waals surface area contributed by atoms with Crippen LogP contribution in [0.3, 0.4) is 0 Å². The Labute approximate surface area is 127 Å². The molecule has 5 heteroatoms. The minimum absolute atomic E-state index is 0.482. The van der Waals surface area contributed by atoms with Crippen LogP contribution in [0, 0.1) is 6.92 Å². The molecule has 0 aliphatic heterocycles. The van der Waals surface area contributed by atoms with E-state index in [1.807, 2.05) is 13.0 Å². The molecule has 0 unspecified atom stereocenters. The van der Waals surface area contributed by atoms with Crippen LogP contribution in [-0.2, 0) is 10.3 Å². The fourth-order valence-electron chi connectivity index (χ4n) is 3.17. The number of ether oxygens (including phenoxy) is 2. The lowest BCUT2D eigenvalue weighted by atomic mass is 9.85. The van der Waals surface area contributed by atoms with E-state index in [1.54, 1.807) is 20.3 Å². The Morgan fingerprint density at radius 2 is 1.95 bits per heavy atom. The highest BCUT2D eigenvalue weighted by Crippen LogP contribution is 2.50. The van der Waals surface area contributed by atoms with Crippen molar-refractivity contribution in [1.82, 2.24) is 0 Å². The summed E-state index contributed by atoms with van der Waals surface area (Å²) < 4.78 is 11.7. The highest BCUT2D eigenvalue weighted by Gasteiger charge is 2.39. The number of carbonyl (C=O) groups excluding carboxylic acids is 1. The fraction of sp³-hybridized carbons (Fsp3) is 0.533. The molecule has 1 aliphatic rings. The highest BCUT2D eigenvalue weighted by atomic mass is 79.9. The molecule has 0 atom stereocenters. The van der Waals surface area contributed by atoms with Gasteiger partial charge in [0, 0.05) is 15.6 Å². The van der Waals surface area contributed by atoms with Crippen LogP contribution >= 0.6 is 15.9 Å². The van der Waals surface area contributed by atoms with E-state index in [9.17, 15) is 4.79 Å². The summed E-state index contributed by atoms with van der Waals surface area (Å²) in [6, 6.07) is 1.88. The molecule has 2 rings (SSSR count). The number of nitrogens with zero attached hydrogens (tertiary/aromatic N) is 1. The maximum Gasteiger partial charge on any atom is 0.235 e. The van der Waals surface area contributed by atoms with Gasteiger partial charge in [0.1, 0.15) is 0 Å². The minimum Gasteiger partial charge on any atom is -0.493 e. The quantitative estimate of drug-likeness (QED) is 0.617. The lowest BCUT2D eigenvalue weighted by molar-refractivity contribution is 0.349. The Hall–Kier alpha value is -1.32. The molecule has 0 spiro atoms. The molecule has 1 saturated carbocycles. The van der Waals surface area contributed by atoms with Crippen LogP contribution in [0.15, 0.2) is 15.5 Å². The van der Waals surface area contributed by atoms with Gasteiger partial charge in [0.15, 0.2) is 11.5 Å². The van der Waals surface area contributed by atoms with E-state index in [4.69, 9.17) is 9.47 Å². The van der Waals surface area contributed by atoms with Crippen LogP contribution in [0.25, 0.3) is 0 Å². The molecule has 0 radical (unpaired) electrons. The van der Waals surface area contributed by atoms with Crippen LogP contribution < -0.4 is 9.47 Å².